The fourth-order valence-electron chi connectivity index (χ4n) is 1.41. The van der Waals surface area contributed by atoms with Crippen LogP contribution in [0.5, 0.6) is 0 Å². The summed E-state index contributed by atoms with van der Waals surface area (Å²) >= 11 is 0. The van der Waals surface area contributed by atoms with Gasteiger partial charge in [0.1, 0.15) is 0 Å². The van der Waals surface area contributed by atoms with Crippen molar-refractivity contribution in [1.29, 1.82) is 0 Å². The molecule has 0 aliphatic carbocycles. The van der Waals surface area contributed by atoms with Gasteiger partial charge in [-0.15, -0.1) is 0 Å². The number of rotatable bonds is 4. The van der Waals surface area contributed by atoms with E-state index in [1.807, 2.05) is 18.2 Å². The quantitative estimate of drug-likeness (QED) is 0.763. The minimum Gasteiger partial charge on any atom is -0.375 e. The lowest BCUT2D eigenvalue weighted by Crippen LogP contribution is -1.91. The highest BCUT2D eigenvalue weighted by atomic mass is 16.6. The zero-order valence-corrected chi connectivity index (χ0v) is 8.18. The minimum atomic E-state index is -0.732. The first kappa shape index (κ1) is 9.71. The van der Waals surface area contributed by atoms with E-state index in [1.54, 1.807) is 0 Å². The first-order chi connectivity index (χ1) is 7.34. The van der Waals surface area contributed by atoms with Crippen LogP contribution in [0.3, 0.4) is 0 Å². The molecule has 1 aromatic carbocycles. The van der Waals surface area contributed by atoms with Crippen molar-refractivity contribution in [1.82, 2.24) is 5.16 Å². The molecule has 4 nitrogen and oxygen atoms in total. The Morgan fingerprint density at radius 3 is 2.60 bits per heavy atom. The van der Waals surface area contributed by atoms with Crippen LogP contribution < -0.4 is 5.82 Å². The molecule has 78 valence electrons. The third-order valence-corrected chi connectivity index (χ3v) is 2.12. The molecule has 2 aromatic rings. The van der Waals surface area contributed by atoms with Gasteiger partial charge < -0.3 is 4.42 Å². The number of hydrogen-bond donors (Lipinski definition) is 0. The van der Waals surface area contributed by atoms with E-state index in [4.69, 9.17) is 0 Å². The Hall–Kier alpha value is -1.84. The van der Waals surface area contributed by atoms with Crippen molar-refractivity contribution in [3.63, 3.8) is 0 Å². The van der Waals surface area contributed by atoms with Gasteiger partial charge in [-0.3, -0.25) is 4.52 Å². The van der Waals surface area contributed by atoms with Gasteiger partial charge in [-0.1, -0.05) is 30.3 Å². The lowest BCUT2D eigenvalue weighted by atomic mass is 10.1. The summed E-state index contributed by atoms with van der Waals surface area (Å²) in [5, 5.41) is 3.49. The van der Waals surface area contributed by atoms with Gasteiger partial charge in [0.25, 0.3) is 0 Å². The van der Waals surface area contributed by atoms with Crippen LogP contribution in [0.1, 0.15) is 17.9 Å². The molecule has 0 atom stereocenters. The second-order valence-electron chi connectivity index (χ2n) is 3.27. The molecule has 1 heterocycles. The predicted octanol–water partition coefficient (Wildman–Crippen LogP) is 1.80. The minimum absolute atomic E-state index is 0.371. The lowest BCUT2D eigenvalue weighted by molar-refractivity contribution is 0.334. The molecule has 15 heavy (non-hydrogen) atoms. The smallest absolute Gasteiger partial charge is 0.375 e. The van der Waals surface area contributed by atoms with Gasteiger partial charge in [-0.2, -0.15) is 0 Å². The maximum absolute atomic E-state index is 10.5. The average Bonchev–Trinajstić information content (AvgIpc) is 2.66. The van der Waals surface area contributed by atoms with E-state index in [2.05, 4.69) is 26.2 Å². The second kappa shape index (κ2) is 4.59. The third kappa shape index (κ3) is 2.80. The van der Waals surface area contributed by atoms with Crippen LogP contribution in [0.4, 0.5) is 0 Å². The molecular formula is C11H11NO3. The van der Waals surface area contributed by atoms with Crippen molar-refractivity contribution in [2.45, 2.75) is 19.3 Å². The van der Waals surface area contributed by atoms with Crippen molar-refractivity contribution < 1.29 is 8.94 Å². The van der Waals surface area contributed by atoms with Gasteiger partial charge in [0.05, 0.1) is 0 Å². The van der Waals surface area contributed by atoms with E-state index in [1.165, 1.54) is 5.56 Å². The number of aromatic nitrogens is 1. The van der Waals surface area contributed by atoms with E-state index in [-0.39, 0.29) is 0 Å². The SMILES string of the molecule is O=c1onc(CCCc2ccccc2)o1. The van der Waals surface area contributed by atoms with Crippen LogP contribution in [-0.2, 0) is 12.8 Å². The molecule has 4 heteroatoms. The van der Waals surface area contributed by atoms with Crippen molar-refractivity contribution in [3.05, 3.63) is 52.4 Å². The van der Waals surface area contributed by atoms with Gasteiger partial charge in [0.2, 0.25) is 5.89 Å². The first-order valence-electron chi connectivity index (χ1n) is 4.84. The molecule has 1 aromatic heterocycles. The molecule has 0 spiro atoms. The summed E-state index contributed by atoms with van der Waals surface area (Å²) in [7, 11) is 0. The average molecular weight is 205 g/mol. The fourth-order valence-corrected chi connectivity index (χ4v) is 1.41. The van der Waals surface area contributed by atoms with E-state index >= 15 is 0 Å². The first-order valence-corrected chi connectivity index (χ1v) is 4.84. The molecule has 0 N–H and O–H groups in total. The highest BCUT2D eigenvalue weighted by molar-refractivity contribution is 5.14. The van der Waals surface area contributed by atoms with Gasteiger partial charge in [-0.05, 0) is 23.6 Å². The van der Waals surface area contributed by atoms with E-state index in [9.17, 15) is 4.79 Å². The molecule has 0 aliphatic heterocycles. The third-order valence-electron chi connectivity index (χ3n) is 2.12. The maximum atomic E-state index is 10.5. The Labute approximate surface area is 86.5 Å². The molecule has 0 bridgehead atoms. The number of hydrogen-bond acceptors (Lipinski definition) is 4. The van der Waals surface area contributed by atoms with Crippen LogP contribution in [0.2, 0.25) is 0 Å². The van der Waals surface area contributed by atoms with Crippen molar-refractivity contribution in [2.24, 2.45) is 0 Å². The molecular weight excluding hydrogens is 194 g/mol. The van der Waals surface area contributed by atoms with Gasteiger partial charge in [0.15, 0.2) is 0 Å². The summed E-state index contributed by atoms with van der Waals surface area (Å²) in [6.45, 7) is 0. The van der Waals surface area contributed by atoms with Crippen molar-refractivity contribution >= 4 is 0 Å². The Bertz CT molecular complexity index is 458. The highest BCUT2D eigenvalue weighted by Gasteiger charge is 2.02. The zero-order valence-electron chi connectivity index (χ0n) is 8.18. The Balaban J connectivity index is 1.83. The molecule has 0 unspecified atom stereocenters. The van der Waals surface area contributed by atoms with Crippen molar-refractivity contribution in [3.8, 4) is 0 Å². The lowest BCUT2D eigenvalue weighted by Gasteiger charge is -1.97. The van der Waals surface area contributed by atoms with Crippen molar-refractivity contribution in [2.75, 3.05) is 0 Å². The maximum Gasteiger partial charge on any atom is 0.542 e. The summed E-state index contributed by atoms with van der Waals surface area (Å²) in [6.07, 6.45) is 2.46. The number of aryl methyl sites for hydroxylation is 2. The van der Waals surface area contributed by atoms with Crippen LogP contribution in [0.15, 0.2) is 44.1 Å². The topological polar surface area (TPSA) is 56.2 Å². The van der Waals surface area contributed by atoms with Crippen LogP contribution in [-0.4, -0.2) is 5.16 Å². The largest absolute Gasteiger partial charge is 0.542 e. The predicted molar refractivity (Wildman–Crippen MR) is 53.5 cm³/mol. The number of nitrogens with zero attached hydrogens (tertiary/aromatic N) is 1. The summed E-state index contributed by atoms with van der Waals surface area (Å²) in [5.41, 5.74) is 1.27. The molecule has 0 amide bonds. The van der Waals surface area contributed by atoms with Gasteiger partial charge in [0, 0.05) is 6.42 Å². The van der Waals surface area contributed by atoms with Gasteiger partial charge in [-0.25, -0.2) is 4.79 Å². The molecule has 0 radical (unpaired) electrons. The summed E-state index contributed by atoms with van der Waals surface area (Å²) in [5.74, 6) is -0.361. The van der Waals surface area contributed by atoms with E-state index in [0.29, 0.717) is 12.3 Å². The van der Waals surface area contributed by atoms with Crippen LogP contribution >= 0.6 is 0 Å². The second-order valence-corrected chi connectivity index (χ2v) is 3.27. The fraction of sp³-hybridized carbons (Fsp3) is 0.273. The number of benzene rings is 1. The van der Waals surface area contributed by atoms with Gasteiger partial charge >= 0.3 is 5.82 Å². The highest BCUT2D eigenvalue weighted by Crippen LogP contribution is 2.05. The molecule has 0 aliphatic rings. The van der Waals surface area contributed by atoms with Crippen LogP contribution in [0.25, 0.3) is 0 Å². The molecule has 0 saturated heterocycles. The zero-order chi connectivity index (χ0) is 10.5. The standard InChI is InChI=1S/C11H11NO3/c13-11-14-10(12-15-11)8-4-7-9-5-2-1-3-6-9/h1-3,5-6H,4,7-8H2. The molecule has 0 saturated carbocycles. The molecule has 2 rings (SSSR count). The molecule has 0 fully saturated rings. The van der Waals surface area contributed by atoms with Crippen LogP contribution in [0, 0.1) is 0 Å². The Kier molecular flexibility index (Phi) is 2.97. The van der Waals surface area contributed by atoms with E-state index in [0.717, 1.165) is 12.8 Å². The Morgan fingerprint density at radius 1 is 1.13 bits per heavy atom. The Morgan fingerprint density at radius 2 is 1.93 bits per heavy atom. The summed E-state index contributed by atoms with van der Waals surface area (Å²) in [4.78, 5) is 10.5. The van der Waals surface area contributed by atoms with E-state index < -0.39 is 5.82 Å². The normalized spacial score (nSPS) is 10.4. The summed E-state index contributed by atoms with van der Waals surface area (Å²) < 4.78 is 8.98. The monoisotopic (exact) mass is 205 g/mol. The summed E-state index contributed by atoms with van der Waals surface area (Å²) in [6, 6.07) is 10.1.